The number of hydrogen-bond donors (Lipinski definition) is 1. The molecule has 0 spiro atoms. The van der Waals surface area contributed by atoms with Crippen molar-refractivity contribution in [3.8, 4) is 44.9 Å². The Balaban J connectivity index is 0.894. The Labute approximate surface area is 331 Å². The highest BCUT2D eigenvalue weighted by molar-refractivity contribution is 6.04. The summed E-state index contributed by atoms with van der Waals surface area (Å²) >= 11 is 0. The predicted octanol–water partition coefficient (Wildman–Crippen LogP) is 14.1. The van der Waals surface area contributed by atoms with Gasteiger partial charge in [-0.2, -0.15) is 0 Å². The van der Waals surface area contributed by atoms with Gasteiger partial charge in [-0.05, 0) is 98.1 Å². The molecule has 0 amide bonds. The summed E-state index contributed by atoms with van der Waals surface area (Å²) in [4.78, 5) is 12.4. The number of hydrogen-bond acceptors (Lipinski definition) is 4. The molecule has 9 aromatic carbocycles. The molecule has 1 aromatic heterocycles. The maximum atomic E-state index is 5.07. The van der Waals surface area contributed by atoms with E-state index in [9.17, 15) is 0 Å². The van der Waals surface area contributed by atoms with Crippen LogP contribution < -0.4 is 10.2 Å². The molecule has 57 heavy (non-hydrogen) atoms. The van der Waals surface area contributed by atoms with Crippen molar-refractivity contribution in [1.82, 2.24) is 9.97 Å². The highest BCUT2D eigenvalue weighted by atomic mass is 15.3. The Morgan fingerprint density at radius 3 is 1.84 bits per heavy atom. The molecule has 10 aromatic rings. The number of para-hydroxylation sites is 1. The maximum absolute atomic E-state index is 5.07. The van der Waals surface area contributed by atoms with Gasteiger partial charge >= 0.3 is 0 Å². The molecule has 1 aliphatic heterocycles. The van der Waals surface area contributed by atoms with Gasteiger partial charge in [-0.3, -0.25) is 0 Å². The van der Waals surface area contributed by atoms with Gasteiger partial charge < -0.3 is 10.2 Å². The van der Waals surface area contributed by atoms with Gasteiger partial charge in [0.25, 0.3) is 0 Å². The summed E-state index contributed by atoms with van der Waals surface area (Å²) in [6.07, 6.45) is 1.20. The fourth-order valence-corrected chi connectivity index (χ4v) is 8.62. The Kier molecular flexibility index (Phi) is 7.82. The van der Waals surface area contributed by atoms with Crippen molar-refractivity contribution in [3.05, 3.63) is 188 Å². The van der Waals surface area contributed by atoms with E-state index < -0.39 is 0 Å². The quantitative estimate of drug-likeness (QED) is 0.185. The van der Waals surface area contributed by atoms with Crippen LogP contribution in [-0.4, -0.2) is 16.1 Å². The van der Waals surface area contributed by atoms with Gasteiger partial charge in [0.15, 0.2) is 5.82 Å². The summed E-state index contributed by atoms with van der Waals surface area (Å²) in [6.45, 7) is 2.25. The lowest BCUT2D eigenvalue weighted by molar-refractivity contribution is 0.729. The normalized spacial score (nSPS) is 13.7. The summed E-state index contributed by atoms with van der Waals surface area (Å²) in [5.41, 5.74) is 12.4. The van der Waals surface area contributed by atoms with Crippen molar-refractivity contribution in [2.45, 2.75) is 19.5 Å². The second kappa shape index (κ2) is 13.5. The van der Waals surface area contributed by atoms with Crippen LogP contribution in [0.1, 0.15) is 13.3 Å². The summed E-state index contributed by atoms with van der Waals surface area (Å²) < 4.78 is 0. The van der Waals surface area contributed by atoms with E-state index in [0.29, 0.717) is 0 Å². The van der Waals surface area contributed by atoms with Crippen LogP contribution in [0.25, 0.3) is 88.1 Å². The van der Waals surface area contributed by atoms with Crippen LogP contribution >= 0.6 is 0 Å². The molecule has 1 atom stereocenters. The SMILES string of the molecule is CCC1Nc2c(ccc3ccccc23)N1c1ccc2cc(-c3ccc4ccc(-c5ccc(-c6nc(-c7ccccc7)nc7ccccc67)cc5)cc4c3)ccc2c1. The third kappa shape index (κ3) is 5.77. The number of aromatic nitrogens is 2. The first kappa shape index (κ1) is 33.1. The molecule has 0 fully saturated rings. The van der Waals surface area contributed by atoms with E-state index in [2.05, 4.69) is 181 Å². The zero-order valence-electron chi connectivity index (χ0n) is 31.5. The smallest absolute Gasteiger partial charge is 0.160 e. The molecule has 0 radical (unpaired) electrons. The lowest BCUT2D eigenvalue weighted by Crippen LogP contribution is -2.30. The molecular formula is C53H38N4. The van der Waals surface area contributed by atoms with E-state index >= 15 is 0 Å². The van der Waals surface area contributed by atoms with E-state index in [1.807, 2.05) is 24.3 Å². The first-order valence-corrected chi connectivity index (χ1v) is 19.8. The van der Waals surface area contributed by atoms with Crippen LogP contribution in [0.3, 0.4) is 0 Å². The molecule has 4 nitrogen and oxygen atoms in total. The van der Waals surface area contributed by atoms with Gasteiger partial charge in [0.05, 0.1) is 22.6 Å². The Hall–Kier alpha value is -7.30. The highest BCUT2D eigenvalue weighted by Crippen LogP contribution is 2.45. The molecule has 1 aliphatic rings. The minimum Gasteiger partial charge on any atom is -0.363 e. The van der Waals surface area contributed by atoms with E-state index in [-0.39, 0.29) is 6.17 Å². The van der Waals surface area contributed by atoms with Crippen LogP contribution in [0, 0.1) is 0 Å². The second-order valence-electron chi connectivity index (χ2n) is 15.0. The van der Waals surface area contributed by atoms with Gasteiger partial charge in [-0.1, -0.05) is 153 Å². The summed E-state index contributed by atoms with van der Waals surface area (Å²) in [5, 5.41) is 12.3. The average Bonchev–Trinajstić information content (AvgIpc) is 3.68. The van der Waals surface area contributed by atoms with Crippen LogP contribution in [0.2, 0.25) is 0 Å². The molecule has 0 saturated heterocycles. The van der Waals surface area contributed by atoms with Crippen molar-refractivity contribution < 1.29 is 0 Å². The molecule has 1 unspecified atom stereocenters. The number of benzene rings is 9. The van der Waals surface area contributed by atoms with E-state index in [1.165, 1.54) is 71.6 Å². The van der Waals surface area contributed by atoms with Gasteiger partial charge in [0.1, 0.15) is 6.17 Å². The number of rotatable bonds is 6. The number of fused-ring (bicyclic) bond motifs is 6. The maximum Gasteiger partial charge on any atom is 0.160 e. The molecule has 0 saturated carbocycles. The molecule has 1 N–H and O–H groups in total. The van der Waals surface area contributed by atoms with Crippen LogP contribution in [0.4, 0.5) is 17.1 Å². The molecular weight excluding hydrogens is 693 g/mol. The average molecular weight is 731 g/mol. The predicted molar refractivity (Wildman–Crippen MR) is 240 cm³/mol. The number of anilines is 3. The topological polar surface area (TPSA) is 41.0 Å². The monoisotopic (exact) mass is 730 g/mol. The van der Waals surface area contributed by atoms with Gasteiger partial charge in [-0.15, -0.1) is 0 Å². The lowest BCUT2D eigenvalue weighted by atomic mass is 9.95. The van der Waals surface area contributed by atoms with Crippen molar-refractivity contribution in [3.63, 3.8) is 0 Å². The van der Waals surface area contributed by atoms with Gasteiger partial charge in [0.2, 0.25) is 0 Å². The molecule has 4 heteroatoms. The third-order valence-electron chi connectivity index (χ3n) is 11.6. The van der Waals surface area contributed by atoms with Crippen molar-refractivity contribution in [2.75, 3.05) is 10.2 Å². The molecule has 2 heterocycles. The Morgan fingerprint density at radius 2 is 1.05 bits per heavy atom. The Morgan fingerprint density at radius 1 is 0.456 bits per heavy atom. The third-order valence-corrected chi connectivity index (χ3v) is 11.6. The lowest BCUT2D eigenvalue weighted by Gasteiger charge is -2.26. The zero-order chi connectivity index (χ0) is 37.9. The van der Waals surface area contributed by atoms with Crippen molar-refractivity contribution in [1.29, 1.82) is 0 Å². The largest absolute Gasteiger partial charge is 0.363 e. The minimum atomic E-state index is 0.204. The fraction of sp³-hybridized carbons (Fsp3) is 0.0566. The highest BCUT2D eigenvalue weighted by Gasteiger charge is 2.30. The van der Waals surface area contributed by atoms with Crippen LogP contribution in [0.5, 0.6) is 0 Å². The number of nitrogens with one attached hydrogen (secondary N) is 1. The molecule has 11 rings (SSSR count). The minimum absolute atomic E-state index is 0.204. The molecule has 0 bridgehead atoms. The summed E-state index contributed by atoms with van der Waals surface area (Å²) in [6, 6.07) is 67.7. The van der Waals surface area contributed by atoms with E-state index in [4.69, 9.17) is 9.97 Å². The molecule has 0 aliphatic carbocycles. The molecule has 270 valence electrons. The fourth-order valence-electron chi connectivity index (χ4n) is 8.62. The summed E-state index contributed by atoms with van der Waals surface area (Å²) in [5.74, 6) is 0.736. The zero-order valence-corrected chi connectivity index (χ0v) is 31.5. The van der Waals surface area contributed by atoms with E-state index in [1.54, 1.807) is 0 Å². The van der Waals surface area contributed by atoms with Gasteiger partial charge in [0, 0.05) is 27.6 Å². The second-order valence-corrected chi connectivity index (χ2v) is 15.0. The van der Waals surface area contributed by atoms with E-state index in [0.717, 1.165) is 40.0 Å². The first-order chi connectivity index (χ1) is 28.2. The van der Waals surface area contributed by atoms with Crippen molar-refractivity contribution in [2.24, 2.45) is 0 Å². The summed E-state index contributed by atoms with van der Waals surface area (Å²) in [7, 11) is 0. The number of nitrogens with zero attached hydrogens (tertiary/aromatic N) is 3. The van der Waals surface area contributed by atoms with Crippen molar-refractivity contribution >= 4 is 60.3 Å². The van der Waals surface area contributed by atoms with Gasteiger partial charge in [-0.25, -0.2) is 9.97 Å². The standard InChI is InChI=1S/C53H38N4/c1-2-50-55-52-46-13-7-6-10-36(46)27-29-49(52)57(50)45-28-26-42-30-40(24-25-43(42)33-45)41-23-19-35-18-22-39(31-44(35)32-41)34-16-20-37(21-17-34)51-47-14-8-9-15-48(47)54-53(56-51)38-11-4-3-5-12-38/h3-33,50,55H,2H2,1H3. The van der Waals surface area contributed by atoms with Crippen LogP contribution in [-0.2, 0) is 0 Å². The van der Waals surface area contributed by atoms with Crippen LogP contribution in [0.15, 0.2) is 188 Å². The Bertz CT molecular complexity index is 3150. The first-order valence-electron chi connectivity index (χ1n) is 19.8.